The fraction of sp³-hybridized carbons (Fsp3) is 0.810. The number of rotatable bonds is 41. The van der Waals surface area contributed by atoms with Crippen molar-refractivity contribution >= 4 is 5.91 Å². The second-order valence-corrected chi connectivity index (χ2v) is 20.7. The van der Waals surface area contributed by atoms with Crippen LogP contribution in [-0.2, 0) is 33.2 Å². The average Bonchev–Trinajstić information content (AvgIpc) is 3.43. The molecule has 12 N–H and O–H groups in total. The zero-order valence-electron chi connectivity index (χ0n) is 46.2. The van der Waals surface area contributed by atoms with E-state index >= 15 is 0 Å². The summed E-state index contributed by atoms with van der Waals surface area (Å²) >= 11 is 0. The normalized spacial score (nSPS) is 31.2. The van der Waals surface area contributed by atoms with Gasteiger partial charge in [0.1, 0.15) is 73.2 Å². The fourth-order valence-corrected chi connectivity index (χ4v) is 9.57. The summed E-state index contributed by atoms with van der Waals surface area (Å²) in [4.78, 5) is 13.3. The molecule has 19 nitrogen and oxygen atoms in total. The lowest BCUT2D eigenvalue weighted by molar-refractivity contribution is -0.379. The number of allylic oxidation sites excluding steroid dienone is 10. The highest BCUT2D eigenvalue weighted by Gasteiger charge is 2.53. The van der Waals surface area contributed by atoms with Gasteiger partial charge in [0.2, 0.25) is 5.91 Å². The van der Waals surface area contributed by atoms with Gasteiger partial charge < -0.3 is 89.9 Å². The van der Waals surface area contributed by atoms with E-state index in [4.69, 9.17) is 28.4 Å². The Balaban J connectivity index is 1.46. The van der Waals surface area contributed by atoms with E-state index < -0.39 is 124 Å². The number of carbonyl (C=O) groups is 1. The third-order valence-corrected chi connectivity index (χ3v) is 14.4. The third kappa shape index (κ3) is 25.9. The van der Waals surface area contributed by atoms with Gasteiger partial charge in [-0.25, -0.2) is 0 Å². The van der Waals surface area contributed by atoms with Crippen molar-refractivity contribution in [1.82, 2.24) is 5.32 Å². The molecule has 0 aromatic heterocycles. The number of amides is 1. The molecule has 3 aliphatic rings. The molecule has 0 spiro atoms. The minimum Gasteiger partial charge on any atom is -0.394 e. The summed E-state index contributed by atoms with van der Waals surface area (Å²) in [7, 11) is 0. The molecular formula is C58H101NO18. The quantitative estimate of drug-likeness (QED) is 0.0297. The van der Waals surface area contributed by atoms with Crippen molar-refractivity contribution in [2.45, 2.75) is 272 Å². The molecule has 3 heterocycles. The van der Waals surface area contributed by atoms with Crippen LogP contribution in [0.1, 0.15) is 168 Å². The SMILES string of the molecule is CC/C=C\C/C=C\C/C=C\C/C=C\C/C=C\CCCCCCCCCC(=O)NC(COC1OC(CO)C(OC2OC(CO)C(OC3OC(CO)C(O)C(O)C3O)C(O)C2O)C(O)C1O)C(O)CCCCCCCCCCC. The molecule has 17 atom stereocenters. The van der Waals surface area contributed by atoms with E-state index in [2.05, 4.69) is 79.9 Å². The zero-order valence-corrected chi connectivity index (χ0v) is 46.2. The Labute approximate surface area is 458 Å². The maximum atomic E-state index is 13.3. The Morgan fingerprint density at radius 3 is 1.40 bits per heavy atom. The molecule has 19 heteroatoms. The lowest BCUT2D eigenvalue weighted by Crippen LogP contribution is -2.66. The highest BCUT2D eigenvalue weighted by molar-refractivity contribution is 5.76. The van der Waals surface area contributed by atoms with Gasteiger partial charge in [0, 0.05) is 6.42 Å². The van der Waals surface area contributed by atoms with Crippen LogP contribution in [0, 0.1) is 0 Å². The van der Waals surface area contributed by atoms with Gasteiger partial charge in [-0.05, 0) is 57.8 Å². The summed E-state index contributed by atoms with van der Waals surface area (Å²) < 4.78 is 34.2. The molecule has 3 saturated heterocycles. The third-order valence-electron chi connectivity index (χ3n) is 14.4. The Morgan fingerprint density at radius 1 is 0.481 bits per heavy atom. The molecule has 0 radical (unpaired) electrons. The fourth-order valence-electron chi connectivity index (χ4n) is 9.57. The number of aliphatic hydroxyl groups is 11. The van der Waals surface area contributed by atoms with Crippen molar-refractivity contribution in [3.8, 4) is 0 Å². The van der Waals surface area contributed by atoms with Crippen LogP contribution >= 0.6 is 0 Å². The summed E-state index contributed by atoms with van der Waals surface area (Å²) in [5.74, 6) is -0.260. The molecule has 77 heavy (non-hydrogen) atoms. The predicted octanol–water partition coefficient (Wildman–Crippen LogP) is 4.48. The number of unbranched alkanes of at least 4 members (excludes halogenated alkanes) is 15. The molecule has 446 valence electrons. The first-order valence-corrected chi connectivity index (χ1v) is 29.0. The second-order valence-electron chi connectivity index (χ2n) is 20.7. The standard InChI is InChI=1S/C58H101NO18/c1-3-5-7-9-11-13-14-15-16-17-18-19-20-21-22-23-24-25-26-28-30-32-34-36-46(64)59-41(42(63)35-33-31-29-27-12-10-8-6-4-2)40-72-56-52(70)49(67)54(44(38-61)74-56)77-58-53(71)50(68)55(45(39-62)75-58)76-57-51(69)48(66)47(65)43(37-60)73-57/h5,7,11,13,15-16,18-19,21-22,41-45,47-58,60-63,65-71H,3-4,6,8-10,12,14,17,20,23-40H2,1-2H3,(H,59,64)/b7-5-,13-11-,16-15-,19-18-,22-21-. The van der Waals surface area contributed by atoms with Crippen LogP contribution in [0.2, 0.25) is 0 Å². The van der Waals surface area contributed by atoms with Crippen LogP contribution < -0.4 is 5.32 Å². The van der Waals surface area contributed by atoms with Crippen LogP contribution in [0.5, 0.6) is 0 Å². The lowest BCUT2D eigenvalue weighted by Gasteiger charge is -2.48. The van der Waals surface area contributed by atoms with Gasteiger partial charge in [-0.2, -0.15) is 0 Å². The van der Waals surface area contributed by atoms with E-state index in [1.165, 1.54) is 32.1 Å². The molecule has 17 unspecified atom stereocenters. The maximum Gasteiger partial charge on any atom is 0.220 e. The Hall–Kier alpha value is -2.51. The van der Waals surface area contributed by atoms with Crippen molar-refractivity contribution in [3.63, 3.8) is 0 Å². The van der Waals surface area contributed by atoms with Crippen molar-refractivity contribution in [2.75, 3.05) is 26.4 Å². The predicted molar refractivity (Wildman–Crippen MR) is 291 cm³/mol. The summed E-state index contributed by atoms with van der Waals surface area (Å²) in [6.07, 6.45) is 19.0. The summed E-state index contributed by atoms with van der Waals surface area (Å²) in [6, 6.07) is -0.894. The van der Waals surface area contributed by atoms with E-state index in [1.54, 1.807) is 0 Å². The van der Waals surface area contributed by atoms with Crippen LogP contribution in [0.3, 0.4) is 0 Å². The Morgan fingerprint density at radius 2 is 0.896 bits per heavy atom. The van der Waals surface area contributed by atoms with Gasteiger partial charge in [0.15, 0.2) is 18.9 Å². The van der Waals surface area contributed by atoms with Gasteiger partial charge in [-0.1, -0.05) is 164 Å². The second kappa shape index (κ2) is 41.5. The maximum absolute atomic E-state index is 13.3. The smallest absolute Gasteiger partial charge is 0.220 e. The van der Waals surface area contributed by atoms with Gasteiger partial charge in [-0.15, -0.1) is 0 Å². The van der Waals surface area contributed by atoms with Crippen LogP contribution in [0.25, 0.3) is 0 Å². The molecule has 0 aliphatic carbocycles. The van der Waals surface area contributed by atoms with Crippen molar-refractivity contribution in [1.29, 1.82) is 0 Å². The van der Waals surface area contributed by atoms with Gasteiger partial charge >= 0.3 is 0 Å². The highest BCUT2D eigenvalue weighted by atomic mass is 16.8. The molecule has 0 saturated carbocycles. The molecule has 0 aromatic rings. The van der Waals surface area contributed by atoms with Crippen LogP contribution in [0.15, 0.2) is 60.8 Å². The number of aliphatic hydroxyl groups excluding tert-OH is 11. The first-order valence-electron chi connectivity index (χ1n) is 29.0. The van der Waals surface area contributed by atoms with Crippen LogP contribution in [-0.4, -0.2) is 193 Å². The Kier molecular flexibility index (Phi) is 37.0. The first-order chi connectivity index (χ1) is 37.3. The molecule has 0 aromatic carbocycles. The van der Waals surface area contributed by atoms with Crippen molar-refractivity contribution in [3.05, 3.63) is 60.8 Å². The summed E-state index contributed by atoms with van der Waals surface area (Å²) in [5, 5.41) is 120. The largest absolute Gasteiger partial charge is 0.394 e. The summed E-state index contributed by atoms with van der Waals surface area (Å²) in [6.45, 7) is 1.61. The van der Waals surface area contributed by atoms with E-state index in [0.29, 0.717) is 12.8 Å². The number of ether oxygens (including phenoxy) is 6. The van der Waals surface area contributed by atoms with Crippen molar-refractivity contribution < 1.29 is 89.4 Å². The molecule has 0 bridgehead atoms. The van der Waals surface area contributed by atoms with E-state index in [1.807, 2.05) is 0 Å². The molecule has 3 rings (SSSR count). The first kappa shape index (κ1) is 68.8. The average molecular weight is 1100 g/mol. The van der Waals surface area contributed by atoms with E-state index in [9.17, 15) is 61.0 Å². The van der Waals surface area contributed by atoms with Crippen LogP contribution in [0.4, 0.5) is 0 Å². The number of hydrogen-bond donors (Lipinski definition) is 12. The van der Waals surface area contributed by atoms with E-state index in [-0.39, 0.29) is 18.9 Å². The minimum absolute atomic E-state index is 0.250. The summed E-state index contributed by atoms with van der Waals surface area (Å²) in [5.41, 5.74) is 0. The van der Waals surface area contributed by atoms with Gasteiger partial charge in [0.05, 0.1) is 38.6 Å². The monoisotopic (exact) mass is 1100 g/mol. The zero-order chi connectivity index (χ0) is 56.2. The number of nitrogens with one attached hydrogen (secondary N) is 1. The number of carbonyl (C=O) groups excluding carboxylic acids is 1. The molecule has 1 amide bonds. The van der Waals surface area contributed by atoms with E-state index in [0.717, 1.165) is 103 Å². The molecular weight excluding hydrogens is 999 g/mol. The lowest BCUT2D eigenvalue weighted by atomic mass is 9.96. The molecule has 3 aliphatic heterocycles. The molecule has 3 fully saturated rings. The van der Waals surface area contributed by atoms with Gasteiger partial charge in [0.25, 0.3) is 0 Å². The number of hydrogen-bond acceptors (Lipinski definition) is 18. The van der Waals surface area contributed by atoms with Gasteiger partial charge in [-0.3, -0.25) is 4.79 Å². The highest BCUT2D eigenvalue weighted by Crippen LogP contribution is 2.33. The Bertz CT molecular complexity index is 1650. The minimum atomic E-state index is -1.97. The van der Waals surface area contributed by atoms with Crippen molar-refractivity contribution in [2.24, 2.45) is 0 Å². The topological polar surface area (TPSA) is 307 Å².